The number of benzene rings is 3. The first kappa shape index (κ1) is 27.2. The van der Waals surface area contributed by atoms with Gasteiger partial charge in [-0.25, -0.2) is 4.98 Å². The molecule has 0 atom stereocenters. The van der Waals surface area contributed by atoms with Crippen LogP contribution < -0.4 is 10.6 Å². The lowest BCUT2D eigenvalue weighted by Gasteiger charge is -2.16. The van der Waals surface area contributed by atoms with Crippen LogP contribution in [0.25, 0.3) is 23.4 Å². The average Bonchev–Trinajstić information content (AvgIpc) is 3.78. The molecule has 0 radical (unpaired) electrons. The number of rotatable bonds is 10. The van der Waals surface area contributed by atoms with E-state index >= 15 is 0 Å². The lowest BCUT2D eigenvalue weighted by Crippen LogP contribution is -2.20. The highest BCUT2D eigenvalue weighted by atomic mass is 16.6. The van der Waals surface area contributed by atoms with Gasteiger partial charge in [0.1, 0.15) is 0 Å². The Bertz CT molecular complexity index is 1630. The van der Waals surface area contributed by atoms with E-state index in [2.05, 4.69) is 37.6 Å². The summed E-state index contributed by atoms with van der Waals surface area (Å²) in [4.78, 5) is 34.1. The van der Waals surface area contributed by atoms with Gasteiger partial charge in [-0.3, -0.25) is 14.9 Å². The number of amides is 1. The fraction of sp³-hybridized carbons (Fsp3) is 0.212. The molecule has 9 heteroatoms. The summed E-state index contributed by atoms with van der Waals surface area (Å²) in [6.45, 7) is 3.51. The van der Waals surface area contributed by atoms with Gasteiger partial charge < -0.3 is 20.5 Å². The topological polar surface area (TPSA) is 116 Å². The number of non-ortho nitro benzene ring substituents is 1. The molecular weight excluding hydrogens is 528 g/mol. The lowest BCUT2D eigenvalue weighted by atomic mass is 9.98. The summed E-state index contributed by atoms with van der Waals surface area (Å²) < 4.78 is 0. The summed E-state index contributed by atoms with van der Waals surface area (Å²) in [5.41, 5.74) is 6.64. The zero-order valence-corrected chi connectivity index (χ0v) is 23.2. The number of H-pyrrole nitrogens is 1. The Morgan fingerprint density at radius 3 is 2.52 bits per heavy atom. The molecule has 0 aliphatic carbocycles. The molecule has 2 aliphatic heterocycles. The van der Waals surface area contributed by atoms with E-state index in [1.165, 1.54) is 43.6 Å². The molecule has 42 heavy (non-hydrogen) atoms. The molecule has 3 N–H and O–H groups in total. The monoisotopic (exact) mass is 560 g/mol. The maximum absolute atomic E-state index is 13.3. The number of anilines is 2. The molecule has 1 aromatic heterocycles. The predicted octanol–water partition coefficient (Wildman–Crippen LogP) is 6.45. The second-order valence-electron chi connectivity index (χ2n) is 10.6. The van der Waals surface area contributed by atoms with E-state index < -0.39 is 4.92 Å². The van der Waals surface area contributed by atoms with Crippen molar-refractivity contribution in [1.82, 2.24) is 14.9 Å². The fourth-order valence-corrected chi connectivity index (χ4v) is 5.51. The van der Waals surface area contributed by atoms with Crippen LogP contribution in [0.5, 0.6) is 0 Å². The molecule has 1 saturated heterocycles. The van der Waals surface area contributed by atoms with Gasteiger partial charge in [-0.2, -0.15) is 0 Å². The van der Waals surface area contributed by atoms with Gasteiger partial charge in [0.15, 0.2) is 0 Å². The van der Waals surface area contributed by atoms with Crippen LogP contribution in [0.2, 0.25) is 0 Å². The number of fused-ring (bicyclic) bond motifs is 1. The molecule has 4 aromatic rings. The number of aromatic amines is 1. The molecule has 9 nitrogen and oxygen atoms in total. The van der Waals surface area contributed by atoms with Gasteiger partial charge in [-0.1, -0.05) is 42.5 Å². The first-order chi connectivity index (χ1) is 20.5. The Kier molecular flexibility index (Phi) is 7.91. The van der Waals surface area contributed by atoms with Crippen LogP contribution >= 0.6 is 0 Å². The predicted molar refractivity (Wildman–Crippen MR) is 167 cm³/mol. The van der Waals surface area contributed by atoms with Crippen molar-refractivity contribution in [3.05, 3.63) is 117 Å². The number of nitro benzene ring substituents is 1. The van der Waals surface area contributed by atoms with Gasteiger partial charge in [0.05, 0.1) is 28.2 Å². The minimum absolute atomic E-state index is 0.0662. The van der Waals surface area contributed by atoms with Crippen LogP contribution in [0.15, 0.2) is 79.3 Å². The first-order valence-electron chi connectivity index (χ1n) is 14.2. The first-order valence-corrected chi connectivity index (χ1v) is 14.2. The summed E-state index contributed by atoms with van der Waals surface area (Å²) in [5, 5.41) is 17.9. The van der Waals surface area contributed by atoms with E-state index in [4.69, 9.17) is 0 Å². The molecule has 0 unspecified atom stereocenters. The second kappa shape index (κ2) is 12.2. The smallest absolute Gasteiger partial charge is 0.270 e. The van der Waals surface area contributed by atoms with Gasteiger partial charge in [-0.05, 0) is 86.3 Å². The molecule has 6 rings (SSSR count). The maximum Gasteiger partial charge on any atom is 0.270 e. The van der Waals surface area contributed by atoms with Crippen molar-refractivity contribution in [2.75, 3.05) is 30.3 Å². The van der Waals surface area contributed by atoms with Gasteiger partial charge in [-0.15, -0.1) is 0 Å². The fourth-order valence-electron chi connectivity index (χ4n) is 5.51. The van der Waals surface area contributed by atoms with Gasteiger partial charge in [0, 0.05) is 35.3 Å². The number of carbonyl (C=O) groups is 1. The van der Waals surface area contributed by atoms with E-state index in [1.807, 2.05) is 54.7 Å². The van der Waals surface area contributed by atoms with Crippen molar-refractivity contribution in [1.29, 1.82) is 0 Å². The lowest BCUT2D eigenvalue weighted by molar-refractivity contribution is -0.384. The average molecular weight is 561 g/mol. The number of likely N-dealkylation sites (tertiary alicyclic amines) is 1. The molecular formula is C33H32N6O3. The summed E-state index contributed by atoms with van der Waals surface area (Å²) in [6, 6.07) is 20.5. The van der Waals surface area contributed by atoms with Crippen LogP contribution in [0.1, 0.15) is 47.2 Å². The number of nitrogens with one attached hydrogen (secondary N) is 3. The second-order valence-corrected chi connectivity index (χ2v) is 10.6. The summed E-state index contributed by atoms with van der Waals surface area (Å²) in [7, 11) is 0. The van der Waals surface area contributed by atoms with Crippen LogP contribution in [0, 0.1) is 10.1 Å². The van der Waals surface area contributed by atoms with Crippen LogP contribution in [-0.4, -0.2) is 45.3 Å². The molecule has 0 saturated carbocycles. The van der Waals surface area contributed by atoms with Crippen molar-refractivity contribution in [3.63, 3.8) is 0 Å². The van der Waals surface area contributed by atoms with E-state index in [0.717, 1.165) is 41.9 Å². The number of carbonyl (C=O) groups excluding carboxylic acids is 1. The number of aryl methyl sites for hydroxylation is 1. The zero-order chi connectivity index (χ0) is 28.9. The van der Waals surface area contributed by atoms with Crippen LogP contribution in [-0.2, 0) is 11.2 Å². The van der Waals surface area contributed by atoms with E-state index in [1.54, 1.807) is 12.4 Å². The molecule has 212 valence electrons. The summed E-state index contributed by atoms with van der Waals surface area (Å²) in [5.74, 6) is -0.304. The molecule has 3 aromatic carbocycles. The van der Waals surface area contributed by atoms with Gasteiger partial charge >= 0.3 is 0 Å². The Morgan fingerprint density at radius 2 is 1.81 bits per heavy atom. The van der Waals surface area contributed by atoms with Crippen molar-refractivity contribution in [2.45, 2.75) is 25.7 Å². The van der Waals surface area contributed by atoms with E-state index in [-0.39, 0.29) is 11.6 Å². The van der Waals surface area contributed by atoms with Crippen LogP contribution in [0.4, 0.5) is 17.1 Å². The number of nitrogens with zero attached hydrogens (tertiary/aromatic N) is 3. The van der Waals surface area contributed by atoms with E-state index in [9.17, 15) is 14.9 Å². The number of imidazole rings is 1. The molecule has 1 fully saturated rings. The van der Waals surface area contributed by atoms with Crippen molar-refractivity contribution < 1.29 is 9.72 Å². The third kappa shape index (κ3) is 6.16. The number of aromatic nitrogens is 2. The third-order valence-corrected chi connectivity index (χ3v) is 7.74. The Hall–Kier alpha value is -5.02. The largest absolute Gasteiger partial charge is 0.354 e. The minimum Gasteiger partial charge on any atom is -0.354 e. The Labute approximate surface area is 244 Å². The quantitative estimate of drug-likeness (QED) is 0.117. The van der Waals surface area contributed by atoms with E-state index in [0.29, 0.717) is 22.5 Å². The number of nitro groups is 1. The van der Waals surface area contributed by atoms with Gasteiger partial charge in [0.2, 0.25) is 0 Å². The van der Waals surface area contributed by atoms with Gasteiger partial charge in [0.25, 0.3) is 11.6 Å². The van der Waals surface area contributed by atoms with Crippen molar-refractivity contribution >= 4 is 46.4 Å². The van der Waals surface area contributed by atoms with Crippen molar-refractivity contribution in [2.24, 2.45) is 0 Å². The SMILES string of the molecule is O=C1Nc2ccc([N+](=O)[O-])cc2C1=C(Nc1ccc(C=Cc2c[nH]cn2)cc1)c1ccc(CCCN2CCCC2)cc1. The normalized spacial score (nSPS) is 16.0. The molecule has 1 amide bonds. The van der Waals surface area contributed by atoms with Crippen molar-refractivity contribution in [3.8, 4) is 0 Å². The van der Waals surface area contributed by atoms with Crippen LogP contribution in [0.3, 0.4) is 0 Å². The Balaban J connectivity index is 1.30. The highest BCUT2D eigenvalue weighted by Gasteiger charge is 2.30. The number of hydrogen-bond donors (Lipinski definition) is 3. The standard InChI is InChI=1S/C33H32N6O3/c40-33-31(29-20-28(39(41)42)15-16-30(29)37-33)32(25-10-5-23(6-11-25)4-3-19-38-17-1-2-18-38)36-26-12-7-24(8-13-26)9-14-27-21-34-22-35-27/h5-16,20-22,36H,1-4,17-19H2,(H,34,35)(H,37,40). The highest BCUT2D eigenvalue weighted by Crippen LogP contribution is 2.39. The third-order valence-electron chi connectivity index (χ3n) is 7.74. The Morgan fingerprint density at radius 1 is 1.02 bits per heavy atom. The highest BCUT2D eigenvalue weighted by molar-refractivity contribution is 6.37. The number of hydrogen-bond acceptors (Lipinski definition) is 6. The molecule has 3 heterocycles. The minimum atomic E-state index is -0.444. The summed E-state index contributed by atoms with van der Waals surface area (Å²) in [6.07, 6.45) is 12.0. The maximum atomic E-state index is 13.3. The molecule has 0 spiro atoms. The zero-order valence-electron chi connectivity index (χ0n) is 23.2. The summed E-state index contributed by atoms with van der Waals surface area (Å²) >= 11 is 0. The molecule has 2 aliphatic rings. The molecule has 0 bridgehead atoms.